The summed E-state index contributed by atoms with van der Waals surface area (Å²) >= 11 is 6.02. The zero-order chi connectivity index (χ0) is 23.4. The molecular weight excluding hydrogens is 442 g/mol. The highest BCUT2D eigenvalue weighted by Crippen LogP contribution is 2.39. The number of halogens is 1. The normalized spacial score (nSPS) is 14.9. The van der Waals surface area contributed by atoms with Gasteiger partial charge >= 0.3 is 0 Å². The van der Waals surface area contributed by atoms with E-state index in [4.69, 9.17) is 30.5 Å². The number of benzene rings is 3. The summed E-state index contributed by atoms with van der Waals surface area (Å²) in [4.78, 5) is 15.3. The van der Waals surface area contributed by atoms with E-state index in [9.17, 15) is 4.79 Å². The van der Waals surface area contributed by atoms with Crippen LogP contribution in [0.5, 0.6) is 23.0 Å². The van der Waals surface area contributed by atoms with Crippen molar-refractivity contribution in [1.29, 1.82) is 0 Å². The van der Waals surface area contributed by atoms with Crippen molar-refractivity contribution in [1.82, 2.24) is 4.90 Å². The number of hydrogen-bond acceptors (Lipinski definition) is 5. The highest BCUT2D eigenvalue weighted by atomic mass is 35.5. The molecule has 1 aliphatic heterocycles. The lowest BCUT2D eigenvalue weighted by Gasteiger charge is -2.37. The number of rotatable bonds is 7. The molecule has 0 saturated carbocycles. The summed E-state index contributed by atoms with van der Waals surface area (Å²) < 4.78 is 22.6. The molecule has 0 fully saturated rings. The fourth-order valence-corrected chi connectivity index (χ4v) is 4.24. The maximum Gasteiger partial charge on any atom is 0.254 e. The molecule has 1 aliphatic rings. The first kappa shape index (κ1) is 22.8. The van der Waals surface area contributed by atoms with Crippen LogP contribution in [0.25, 0.3) is 0 Å². The number of carbonyl (C=O) groups is 1. The monoisotopic (exact) mass is 467 g/mol. The summed E-state index contributed by atoms with van der Waals surface area (Å²) in [7, 11) is 4.82. The Morgan fingerprint density at radius 1 is 0.909 bits per heavy atom. The average molecular weight is 468 g/mol. The first-order valence-corrected chi connectivity index (χ1v) is 11.0. The Balaban J connectivity index is 1.71. The maximum absolute atomic E-state index is 13.5. The van der Waals surface area contributed by atoms with E-state index >= 15 is 0 Å². The molecule has 0 N–H and O–H groups in total. The number of fused-ring (bicyclic) bond motifs is 1. The molecular formula is C26H26ClNO5. The third-order valence-electron chi connectivity index (χ3n) is 5.82. The fraction of sp³-hybridized carbons (Fsp3) is 0.269. The van der Waals surface area contributed by atoms with Crippen molar-refractivity contribution in [2.24, 2.45) is 0 Å². The van der Waals surface area contributed by atoms with Gasteiger partial charge in [0.25, 0.3) is 5.91 Å². The van der Waals surface area contributed by atoms with Gasteiger partial charge in [-0.3, -0.25) is 4.79 Å². The smallest absolute Gasteiger partial charge is 0.254 e. The first-order valence-electron chi connectivity index (χ1n) is 10.6. The van der Waals surface area contributed by atoms with Gasteiger partial charge in [0.15, 0.2) is 23.0 Å². The molecule has 6 nitrogen and oxygen atoms in total. The van der Waals surface area contributed by atoms with Gasteiger partial charge < -0.3 is 23.8 Å². The summed E-state index contributed by atoms with van der Waals surface area (Å²) in [5, 5.41) is 0.587. The van der Waals surface area contributed by atoms with E-state index in [1.165, 1.54) is 0 Å². The topological polar surface area (TPSA) is 57.2 Å². The van der Waals surface area contributed by atoms with Crippen molar-refractivity contribution in [2.75, 3.05) is 34.5 Å². The molecule has 1 atom stereocenters. The number of hydrogen-bond donors (Lipinski definition) is 0. The summed E-state index contributed by atoms with van der Waals surface area (Å²) in [5.74, 6) is 2.45. The molecule has 0 radical (unpaired) electrons. The second-order valence-corrected chi connectivity index (χ2v) is 8.08. The largest absolute Gasteiger partial charge is 0.493 e. The summed E-state index contributed by atoms with van der Waals surface area (Å²) in [6.07, 6.45) is 0.695. The summed E-state index contributed by atoms with van der Waals surface area (Å²) in [6.45, 7) is 0.798. The second-order valence-electron chi connectivity index (χ2n) is 7.64. The molecule has 172 valence electrons. The van der Waals surface area contributed by atoms with Gasteiger partial charge in [0, 0.05) is 17.1 Å². The number of carbonyl (C=O) groups excluding carboxylic acids is 1. The number of amides is 1. The lowest BCUT2D eigenvalue weighted by molar-refractivity contribution is 0.0587. The Hall–Kier alpha value is -3.38. The van der Waals surface area contributed by atoms with Crippen LogP contribution in [0.3, 0.4) is 0 Å². The van der Waals surface area contributed by atoms with Gasteiger partial charge in [0.1, 0.15) is 6.61 Å². The van der Waals surface area contributed by atoms with Crippen molar-refractivity contribution in [2.45, 2.75) is 12.5 Å². The van der Waals surface area contributed by atoms with Gasteiger partial charge in [0.05, 0.1) is 27.4 Å². The van der Waals surface area contributed by atoms with Crippen LogP contribution in [0.15, 0.2) is 60.7 Å². The fourth-order valence-electron chi connectivity index (χ4n) is 4.12. The van der Waals surface area contributed by atoms with Crippen LogP contribution in [0.4, 0.5) is 0 Å². The molecule has 1 heterocycles. The lowest BCUT2D eigenvalue weighted by atomic mass is 9.91. The van der Waals surface area contributed by atoms with Gasteiger partial charge in [-0.15, -0.1) is 0 Å². The zero-order valence-corrected chi connectivity index (χ0v) is 19.6. The van der Waals surface area contributed by atoms with Gasteiger partial charge in [-0.25, -0.2) is 0 Å². The van der Waals surface area contributed by atoms with E-state index in [0.29, 0.717) is 46.5 Å². The van der Waals surface area contributed by atoms with Gasteiger partial charge in [-0.05, 0) is 66.1 Å². The molecule has 0 spiro atoms. The molecule has 33 heavy (non-hydrogen) atoms. The number of nitrogens with zero attached hydrogens (tertiary/aromatic N) is 1. The van der Waals surface area contributed by atoms with Crippen LogP contribution in [0.2, 0.25) is 5.02 Å². The molecule has 3 aromatic rings. The highest BCUT2D eigenvalue weighted by molar-refractivity contribution is 6.30. The lowest BCUT2D eigenvalue weighted by Crippen LogP contribution is -2.42. The van der Waals surface area contributed by atoms with Gasteiger partial charge in [0.2, 0.25) is 0 Å². The SMILES string of the molecule is COc1cc2c(cc1OC)[C@H](COc1ccccc1OC)N(C(=O)c1ccc(Cl)cc1)CC2. The third-order valence-corrected chi connectivity index (χ3v) is 6.07. The molecule has 7 heteroatoms. The van der Waals surface area contributed by atoms with Crippen LogP contribution in [-0.2, 0) is 6.42 Å². The molecule has 0 saturated heterocycles. The number of methoxy groups -OCH3 is 3. The Morgan fingerprint density at radius 2 is 1.55 bits per heavy atom. The minimum atomic E-state index is -0.332. The second kappa shape index (κ2) is 10.0. The van der Waals surface area contributed by atoms with E-state index in [1.54, 1.807) is 45.6 Å². The quantitative estimate of drug-likeness (QED) is 0.479. The van der Waals surface area contributed by atoms with E-state index in [0.717, 1.165) is 11.1 Å². The molecule has 0 aliphatic carbocycles. The Bertz CT molecular complexity index is 1130. The van der Waals surface area contributed by atoms with Crippen LogP contribution in [0.1, 0.15) is 27.5 Å². The van der Waals surface area contributed by atoms with Crippen LogP contribution in [0, 0.1) is 0 Å². The highest BCUT2D eigenvalue weighted by Gasteiger charge is 2.33. The van der Waals surface area contributed by atoms with Gasteiger partial charge in [-0.1, -0.05) is 23.7 Å². The third kappa shape index (κ3) is 4.71. The average Bonchev–Trinajstić information content (AvgIpc) is 2.86. The van der Waals surface area contributed by atoms with Crippen LogP contribution < -0.4 is 18.9 Å². The molecule has 1 amide bonds. The number of para-hydroxylation sites is 2. The predicted octanol–water partition coefficient (Wildman–Crippen LogP) is 5.18. The van der Waals surface area contributed by atoms with Crippen LogP contribution in [-0.4, -0.2) is 45.3 Å². The number of ether oxygens (including phenoxy) is 4. The summed E-state index contributed by atoms with van der Waals surface area (Å²) in [6, 6.07) is 18.0. The van der Waals surface area contributed by atoms with Gasteiger partial charge in [-0.2, -0.15) is 0 Å². The van der Waals surface area contributed by atoms with Crippen molar-refractivity contribution < 1.29 is 23.7 Å². The predicted molar refractivity (Wildman–Crippen MR) is 127 cm³/mol. The van der Waals surface area contributed by atoms with E-state index in [1.807, 2.05) is 41.3 Å². The van der Waals surface area contributed by atoms with Crippen molar-refractivity contribution in [3.8, 4) is 23.0 Å². The maximum atomic E-state index is 13.5. The van der Waals surface area contributed by atoms with Crippen molar-refractivity contribution in [3.63, 3.8) is 0 Å². The van der Waals surface area contributed by atoms with Crippen molar-refractivity contribution in [3.05, 3.63) is 82.4 Å². The zero-order valence-electron chi connectivity index (χ0n) is 18.8. The molecule has 0 aromatic heterocycles. The Kier molecular flexibility index (Phi) is 6.94. The molecule has 3 aromatic carbocycles. The Labute approximate surface area is 198 Å². The standard InChI is InChI=1S/C26H26ClNO5/c1-30-22-6-4-5-7-23(22)33-16-21-20-15-25(32-3)24(31-2)14-18(20)12-13-28(21)26(29)17-8-10-19(27)11-9-17/h4-11,14-15,21H,12-13,16H2,1-3H3/t21-/m0/s1. The van der Waals surface area contributed by atoms with Crippen molar-refractivity contribution >= 4 is 17.5 Å². The minimum Gasteiger partial charge on any atom is -0.493 e. The van der Waals surface area contributed by atoms with E-state index in [-0.39, 0.29) is 18.6 Å². The first-order chi connectivity index (χ1) is 16.0. The Morgan fingerprint density at radius 3 is 2.21 bits per heavy atom. The molecule has 4 rings (SSSR count). The molecule has 0 bridgehead atoms. The summed E-state index contributed by atoms with van der Waals surface area (Å²) in [5.41, 5.74) is 2.64. The van der Waals surface area contributed by atoms with E-state index < -0.39 is 0 Å². The minimum absolute atomic E-state index is 0.0827. The van der Waals surface area contributed by atoms with E-state index in [2.05, 4.69) is 0 Å². The molecule has 0 unspecified atom stereocenters. The van der Waals surface area contributed by atoms with Crippen LogP contribution >= 0.6 is 11.6 Å².